The van der Waals surface area contributed by atoms with Crippen molar-refractivity contribution in [1.29, 1.82) is 0 Å². The number of hydrogen-bond acceptors (Lipinski definition) is 3. The number of rotatable bonds is 1. The van der Waals surface area contributed by atoms with E-state index in [0.717, 1.165) is 12.1 Å². The zero-order chi connectivity index (χ0) is 11.8. The van der Waals surface area contributed by atoms with Gasteiger partial charge in [-0.15, -0.1) is 0 Å². The normalized spacial score (nSPS) is 11.5. The highest BCUT2D eigenvalue weighted by Crippen LogP contribution is 2.44. The van der Waals surface area contributed by atoms with Gasteiger partial charge in [-0.05, 0) is 6.07 Å². The Morgan fingerprint density at radius 1 is 1.40 bits per heavy atom. The number of phenols is 1. The van der Waals surface area contributed by atoms with E-state index < -0.39 is 32.6 Å². The van der Waals surface area contributed by atoms with E-state index in [1.54, 1.807) is 0 Å². The molecule has 0 fully saturated rings. The van der Waals surface area contributed by atoms with Crippen molar-refractivity contribution in [3.05, 3.63) is 32.3 Å². The van der Waals surface area contributed by atoms with E-state index in [1.165, 1.54) is 0 Å². The first-order chi connectivity index (χ1) is 6.75. The van der Waals surface area contributed by atoms with Crippen molar-refractivity contribution in [3.8, 4) is 5.75 Å². The Hall–Kier alpha value is -1.31. The number of alkyl halides is 3. The highest BCUT2D eigenvalue weighted by molar-refractivity contribution is 9.10. The lowest BCUT2D eigenvalue weighted by molar-refractivity contribution is -0.386. The molecule has 0 aromatic heterocycles. The van der Waals surface area contributed by atoms with Gasteiger partial charge in [0.1, 0.15) is 5.56 Å². The topological polar surface area (TPSA) is 63.4 Å². The Labute approximate surface area is 89.6 Å². The smallest absolute Gasteiger partial charge is 0.421 e. The number of phenolic OH excluding ortho intramolecular Hbond substituents is 1. The molecule has 0 saturated heterocycles. The first-order valence-corrected chi connectivity index (χ1v) is 4.27. The summed E-state index contributed by atoms with van der Waals surface area (Å²) in [5.74, 6) is -1.39. The summed E-state index contributed by atoms with van der Waals surface area (Å²) in [7, 11) is 0. The highest BCUT2D eigenvalue weighted by atomic mass is 79.9. The van der Waals surface area contributed by atoms with E-state index in [1.807, 2.05) is 0 Å². The summed E-state index contributed by atoms with van der Waals surface area (Å²) in [6.07, 6.45) is -4.85. The Balaban J connectivity index is 3.51. The minimum absolute atomic E-state index is 0.446. The number of aromatic hydroxyl groups is 1. The first kappa shape index (κ1) is 11.8. The van der Waals surface area contributed by atoms with Crippen LogP contribution in [0.5, 0.6) is 5.75 Å². The van der Waals surface area contributed by atoms with Crippen molar-refractivity contribution in [3.63, 3.8) is 0 Å². The largest absolute Gasteiger partial charge is 0.502 e. The van der Waals surface area contributed by atoms with E-state index in [-0.39, 0.29) is 0 Å². The van der Waals surface area contributed by atoms with Gasteiger partial charge in [0.2, 0.25) is 5.75 Å². The van der Waals surface area contributed by atoms with Crippen LogP contribution in [0.1, 0.15) is 5.56 Å². The summed E-state index contributed by atoms with van der Waals surface area (Å²) < 4.78 is 36.6. The number of nitrogens with zero attached hydrogens (tertiary/aromatic N) is 1. The van der Waals surface area contributed by atoms with Gasteiger partial charge in [-0.1, -0.05) is 15.9 Å². The molecule has 0 amide bonds. The molecule has 1 N–H and O–H groups in total. The lowest BCUT2D eigenvalue weighted by Crippen LogP contribution is -2.07. The summed E-state index contributed by atoms with van der Waals surface area (Å²) in [5, 5.41) is 19.4. The Morgan fingerprint density at radius 2 is 1.93 bits per heavy atom. The van der Waals surface area contributed by atoms with Crippen LogP contribution in [-0.4, -0.2) is 10.0 Å². The minimum atomic E-state index is -4.85. The molecule has 0 atom stereocenters. The number of hydrogen-bond donors (Lipinski definition) is 1. The molecule has 0 aliphatic carbocycles. The lowest BCUT2D eigenvalue weighted by atomic mass is 10.1. The SMILES string of the molecule is O=[N+]([O-])c1ccc(Br)c(C(F)(F)F)c1O. The van der Waals surface area contributed by atoms with E-state index in [2.05, 4.69) is 15.9 Å². The minimum Gasteiger partial charge on any atom is -0.502 e. The second-order valence-corrected chi connectivity index (χ2v) is 3.40. The molecular formula is C7H3BrF3NO3. The molecular weight excluding hydrogens is 283 g/mol. The second-order valence-electron chi connectivity index (χ2n) is 2.54. The van der Waals surface area contributed by atoms with Crippen molar-refractivity contribution in [2.24, 2.45) is 0 Å². The maximum atomic E-state index is 12.3. The molecule has 0 bridgehead atoms. The summed E-state index contributed by atoms with van der Waals surface area (Å²) in [6.45, 7) is 0. The molecule has 0 aliphatic rings. The zero-order valence-electron chi connectivity index (χ0n) is 6.88. The van der Waals surface area contributed by atoms with Gasteiger partial charge >= 0.3 is 11.9 Å². The van der Waals surface area contributed by atoms with Gasteiger partial charge in [0.15, 0.2) is 0 Å². The van der Waals surface area contributed by atoms with Crippen molar-refractivity contribution in [2.75, 3.05) is 0 Å². The van der Waals surface area contributed by atoms with E-state index in [9.17, 15) is 23.3 Å². The molecule has 1 aromatic rings. The Bertz CT molecular complexity index is 419. The van der Waals surface area contributed by atoms with Crippen LogP contribution in [0.2, 0.25) is 0 Å². The predicted octanol–water partition coefficient (Wildman–Crippen LogP) is 3.08. The summed E-state index contributed by atoms with van der Waals surface area (Å²) in [4.78, 5) is 9.19. The number of halogens is 4. The second kappa shape index (κ2) is 3.69. The van der Waals surface area contributed by atoms with Gasteiger partial charge in [0, 0.05) is 10.5 Å². The zero-order valence-corrected chi connectivity index (χ0v) is 8.46. The molecule has 8 heteroatoms. The molecule has 1 rings (SSSR count). The van der Waals surface area contributed by atoms with Gasteiger partial charge in [-0.2, -0.15) is 13.2 Å². The van der Waals surface area contributed by atoms with E-state index in [0.29, 0.717) is 0 Å². The average Bonchev–Trinajstić information content (AvgIpc) is 2.00. The third-order valence-corrected chi connectivity index (χ3v) is 2.25. The standard InChI is InChI=1S/C7H3BrF3NO3/c8-3-1-2-4(12(14)15)6(13)5(3)7(9,10)11/h1-2,13H. The van der Waals surface area contributed by atoms with Gasteiger partial charge in [0.25, 0.3) is 0 Å². The van der Waals surface area contributed by atoms with Gasteiger partial charge in [0.05, 0.1) is 4.92 Å². The van der Waals surface area contributed by atoms with Crippen molar-refractivity contribution < 1.29 is 23.2 Å². The van der Waals surface area contributed by atoms with Crippen molar-refractivity contribution in [2.45, 2.75) is 6.18 Å². The molecule has 0 saturated carbocycles. The van der Waals surface area contributed by atoms with Crippen LogP contribution in [0.3, 0.4) is 0 Å². The Morgan fingerprint density at radius 3 is 2.33 bits per heavy atom. The third kappa shape index (κ3) is 2.20. The summed E-state index contributed by atoms with van der Waals surface area (Å²) in [5.41, 5.74) is -2.43. The monoisotopic (exact) mass is 285 g/mol. The maximum absolute atomic E-state index is 12.3. The van der Waals surface area contributed by atoms with Crippen LogP contribution < -0.4 is 0 Å². The first-order valence-electron chi connectivity index (χ1n) is 3.48. The molecule has 0 radical (unpaired) electrons. The molecule has 82 valence electrons. The fourth-order valence-corrected chi connectivity index (χ4v) is 1.52. The van der Waals surface area contributed by atoms with Crippen LogP contribution in [0.15, 0.2) is 16.6 Å². The molecule has 4 nitrogen and oxygen atoms in total. The molecule has 0 aliphatic heterocycles. The summed E-state index contributed by atoms with van der Waals surface area (Å²) in [6, 6.07) is 1.65. The van der Waals surface area contributed by atoms with Crippen LogP contribution in [0.25, 0.3) is 0 Å². The molecule has 15 heavy (non-hydrogen) atoms. The maximum Gasteiger partial charge on any atom is 0.421 e. The lowest BCUT2D eigenvalue weighted by Gasteiger charge is -2.10. The fourth-order valence-electron chi connectivity index (χ4n) is 0.973. The molecule has 0 heterocycles. The highest BCUT2D eigenvalue weighted by Gasteiger charge is 2.39. The number of benzene rings is 1. The summed E-state index contributed by atoms with van der Waals surface area (Å²) >= 11 is 2.56. The molecule has 0 spiro atoms. The predicted molar refractivity (Wildman–Crippen MR) is 47.5 cm³/mol. The van der Waals surface area contributed by atoms with Gasteiger partial charge in [-0.25, -0.2) is 0 Å². The van der Waals surface area contributed by atoms with Gasteiger partial charge < -0.3 is 5.11 Å². The van der Waals surface area contributed by atoms with Crippen molar-refractivity contribution >= 4 is 21.6 Å². The van der Waals surface area contributed by atoms with Crippen LogP contribution in [0, 0.1) is 10.1 Å². The van der Waals surface area contributed by atoms with E-state index in [4.69, 9.17) is 5.11 Å². The third-order valence-electron chi connectivity index (χ3n) is 1.59. The molecule has 0 unspecified atom stereocenters. The fraction of sp³-hybridized carbons (Fsp3) is 0.143. The number of nitro groups is 1. The Kier molecular flexibility index (Phi) is 2.89. The van der Waals surface area contributed by atoms with Crippen LogP contribution >= 0.6 is 15.9 Å². The van der Waals surface area contributed by atoms with Crippen LogP contribution in [0.4, 0.5) is 18.9 Å². The van der Waals surface area contributed by atoms with Crippen LogP contribution in [-0.2, 0) is 6.18 Å². The quantitative estimate of drug-likeness (QED) is 0.637. The molecule has 1 aromatic carbocycles. The van der Waals surface area contributed by atoms with Gasteiger partial charge in [-0.3, -0.25) is 10.1 Å². The van der Waals surface area contributed by atoms with E-state index >= 15 is 0 Å². The number of nitro benzene ring substituents is 1. The van der Waals surface area contributed by atoms with Crippen molar-refractivity contribution in [1.82, 2.24) is 0 Å². The average molecular weight is 286 g/mol.